The Hall–Kier alpha value is -3.19. The van der Waals surface area contributed by atoms with Gasteiger partial charge in [-0.2, -0.15) is 4.99 Å². The van der Waals surface area contributed by atoms with E-state index in [-0.39, 0.29) is 5.56 Å². The van der Waals surface area contributed by atoms with Gasteiger partial charge in [-0.25, -0.2) is 13.2 Å². The molecule has 5 heteroatoms. The highest BCUT2D eigenvalue weighted by molar-refractivity contribution is 7.78. The van der Waals surface area contributed by atoms with Crippen molar-refractivity contribution in [3.05, 3.63) is 88.2 Å². The SMILES string of the molecule is CCCCC1CCc2c(cc(F)c(C#Cc3ccc(-c4ccc(N=C=S)cc4)c(F)c3)c2F)C1. The van der Waals surface area contributed by atoms with Crippen LogP contribution in [0.15, 0.2) is 53.5 Å². The van der Waals surface area contributed by atoms with E-state index in [0.29, 0.717) is 46.7 Å². The van der Waals surface area contributed by atoms with Crippen LogP contribution in [0.25, 0.3) is 11.1 Å². The lowest BCUT2D eigenvalue weighted by atomic mass is 9.80. The van der Waals surface area contributed by atoms with Gasteiger partial charge in [-0.05, 0) is 84.4 Å². The Kier molecular flexibility index (Phi) is 7.63. The molecule has 1 aliphatic carbocycles. The van der Waals surface area contributed by atoms with Crippen molar-refractivity contribution in [2.75, 3.05) is 0 Å². The second-order valence-corrected chi connectivity index (χ2v) is 8.81. The lowest BCUT2D eigenvalue weighted by Crippen LogP contribution is -2.17. The van der Waals surface area contributed by atoms with Crippen molar-refractivity contribution in [2.45, 2.75) is 45.4 Å². The maximum absolute atomic E-state index is 15.1. The van der Waals surface area contributed by atoms with E-state index in [1.807, 2.05) is 0 Å². The summed E-state index contributed by atoms with van der Waals surface area (Å²) in [6.07, 6.45) is 5.57. The molecule has 1 nitrogen and oxygen atoms in total. The summed E-state index contributed by atoms with van der Waals surface area (Å²) in [6.45, 7) is 2.15. The first-order chi connectivity index (χ1) is 16.5. The van der Waals surface area contributed by atoms with E-state index >= 15 is 4.39 Å². The molecule has 0 heterocycles. The number of benzene rings is 3. The summed E-state index contributed by atoms with van der Waals surface area (Å²) in [7, 11) is 0. The molecule has 4 rings (SSSR count). The molecular formula is C29H24F3NS. The minimum Gasteiger partial charge on any atom is -0.206 e. The number of rotatable bonds is 5. The highest BCUT2D eigenvalue weighted by atomic mass is 32.1. The van der Waals surface area contributed by atoms with Crippen molar-refractivity contribution in [2.24, 2.45) is 10.9 Å². The molecule has 0 aliphatic heterocycles. The van der Waals surface area contributed by atoms with Crippen LogP contribution < -0.4 is 0 Å². The molecule has 3 aromatic carbocycles. The van der Waals surface area contributed by atoms with Crippen molar-refractivity contribution >= 4 is 23.1 Å². The maximum atomic E-state index is 15.1. The molecule has 34 heavy (non-hydrogen) atoms. The smallest absolute Gasteiger partial charge is 0.145 e. The summed E-state index contributed by atoms with van der Waals surface area (Å²) in [5.41, 5.74) is 3.13. The predicted octanol–water partition coefficient (Wildman–Crippen LogP) is 8.20. The molecule has 1 atom stereocenters. The quantitative estimate of drug-likeness (QED) is 0.206. The third-order valence-electron chi connectivity index (χ3n) is 6.34. The largest absolute Gasteiger partial charge is 0.206 e. The molecule has 0 spiro atoms. The van der Waals surface area contributed by atoms with Crippen molar-refractivity contribution in [3.63, 3.8) is 0 Å². The Morgan fingerprint density at radius 2 is 1.79 bits per heavy atom. The van der Waals surface area contributed by atoms with Crippen LogP contribution in [0.1, 0.15) is 54.9 Å². The zero-order valence-electron chi connectivity index (χ0n) is 18.9. The molecule has 0 saturated carbocycles. The Labute approximate surface area is 203 Å². The van der Waals surface area contributed by atoms with Gasteiger partial charge in [-0.3, -0.25) is 0 Å². The van der Waals surface area contributed by atoms with Gasteiger partial charge in [0, 0.05) is 11.1 Å². The van der Waals surface area contributed by atoms with E-state index in [1.165, 1.54) is 12.1 Å². The predicted molar refractivity (Wildman–Crippen MR) is 134 cm³/mol. The first-order valence-electron chi connectivity index (χ1n) is 11.5. The fraction of sp³-hybridized carbons (Fsp3) is 0.276. The normalized spacial score (nSPS) is 14.5. The number of nitrogens with zero attached hydrogens (tertiary/aromatic N) is 1. The zero-order chi connectivity index (χ0) is 24.1. The summed E-state index contributed by atoms with van der Waals surface area (Å²) in [6, 6.07) is 12.9. The molecule has 3 aromatic rings. The molecule has 0 radical (unpaired) electrons. The average molecular weight is 476 g/mol. The minimum absolute atomic E-state index is 0.245. The van der Waals surface area contributed by atoms with Gasteiger partial charge < -0.3 is 0 Å². The highest BCUT2D eigenvalue weighted by Crippen LogP contribution is 2.33. The summed E-state index contributed by atoms with van der Waals surface area (Å²) in [5.74, 6) is 4.11. The number of hydrogen-bond donors (Lipinski definition) is 0. The summed E-state index contributed by atoms with van der Waals surface area (Å²) >= 11 is 4.58. The molecule has 1 aliphatic rings. The van der Waals surface area contributed by atoms with Crippen molar-refractivity contribution < 1.29 is 13.2 Å². The van der Waals surface area contributed by atoms with Gasteiger partial charge in [-0.15, -0.1) is 0 Å². The van der Waals surface area contributed by atoms with E-state index in [9.17, 15) is 8.78 Å². The van der Waals surface area contributed by atoms with Crippen LogP contribution in [-0.4, -0.2) is 5.16 Å². The number of hydrogen-bond acceptors (Lipinski definition) is 2. The molecule has 0 amide bonds. The summed E-state index contributed by atoms with van der Waals surface area (Å²) < 4.78 is 44.6. The zero-order valence-corrected chi connectivity index (χ0v) is 19.7. The standard InChI is InChI=1S/C29H24F3NS/c1-2-3-4-19-6-13-25-22(15-19)17-28(31)26(29(25)32)14-7-20-5-12-24(27(30)16-20)21-8-10-23(11-9-21)33-18-34/h5,8-12,16-17,19H,2-4,6,13,15H2,1H3. The van der Waals surface area contributed by atoms with Gasteiger partial charge >= 0.3 is 0 Å². The first-order valence-corrected chi connectivity index (χ1v) is 11.9. The topological polar surface area (TPSA) is 12.4 Å². The Balaban J connectivity index is 1.57. The molecule has 172 valence electrons. The number of aliphatic imine (C=N–C) groups is 1. The van der Waals surface area contributed by atoms with Crippen LogP contribution >= 0.6 is 12.2 Å². The number of thiocarbonyl (C=S) groups is 1. The second-order valence-electron chi connectivity index (χ2n) is 8.63. The Bertz CT molecular complexity index is 1310. The maximum Gasteiger partial charge on any atom is 0.145 e. The number of fused-ring (bicyclic) bond motifs is 1. The van der Waals surface area contributed by atoms with Crippen LogP contribution in [0.5, 0.6) is 0 Å². The molecule has 0 N–H and O–H groups in total. The van der Waals surface area contributed by atoms with E-state index in [1.54, 1.807) is 36.4 Å². The lowest BCUT2D eigenvalue weighted by Gasteiger charge is -2.25. The van der Waals surface area contributed by atoms with Crippen LogP contribution in [-0.2, 0) is 12.8 Å². The fourth-order valence-corrected chi connectivity index (χ4v) is 4.61. The van der Waals surface area contributed by atoms with E-state index in [0.717, 1.165) is 31.2 Å². The second kappa shape index (κ2) is 10.8. The third-order valence-corrected chi connectivity index (χ3v) is 6.43. The molecule has 0 fully saturated rings. The molecule has 0 saturated heterocycles. The van der Waals surface area contributed by atoms with Crippen LogP contribution in [0.4, 0.5) is 18.9 Å². The number of unbranched alkanes of at least 4 members (excludes halogenated alkanes) is 1. The van der Waals surface area contributed by atoms with Gasteiger partial charge in [0.2, 0.25) is 0 Å². The average Bonchev–Trinajstić information content (AvgIpc) is 2.83. The minimum atomic E-state index is -0.656. The number of isothiocyanates is 1. The van der Waals surface area contributed by atoms with Gasteiger partial charge in [0.15, 0.2) is 0 Å². The Morgan fingerprint density at radius 1 is 1.00 bits per heavy atom. The number of halogens is 3. The van der Waals surface area contributed by atoms with Crippen molar-refractivity contribution in [1.82, 2.24) is 0 Å². The highest BCUT2D eigenvalue weighted by Gasteiger charge is 2.24. The van der Waals surface area contributed by atoms with Gasteiger partial charge in [0.05, 0.1) is 16.4 Å². The van der Waals surface area contributed by atoms with Crippen molar-refractivity contribution in [3.8, 4) is 23.0 Å². The lowest BCUT2D eigenvalue weighted by molar-refractivity contribution is 0.402. The first kappa shape index (κ1) is 24.0. The van der Waals surface area contributed by atoms with Crippen molar-refractivity contribution in [1.29, 1.82) is 0 Å². The Morgan fingerprint density at radius 3 is 2.50 bits per heavy atom. The molecule has 0 aromatic heterocycles. The summed E-state index contributed by atoms with van der Waals surface area (Å²) in [5, 5.41) is 2.29. The van der Waals surface area contributed by atoms with Gasteiger partial charge in [0.1, 0.15) is 17.5 Å². The van der Waals surface area contributed by atoms with E-state index in [4.69, 9.17) is 0 Å². The van der Waals surface area contributed by atoms with E-state index in [2.05, 4.69) is 41.1 Å². The fourth-order valence-electron chi connectivity index (χ4n) is 4.51. The third kappa shape index (κ3) is 5.30. The molecular weight excluding hydrogens is 451 g/mol. The molecule has 0 bridgehead atoms. The molecule has 1 unspecified atom stereocenters. The van der Waals surface area contributed by atoms with Crippen LogP contribution in [0.3, 0.4) is 0 Å². The van der Waals surface area contributed by atoms with E-state index < -0.39 is 17.5 Å². The van der Waals surface area contributed by atoms with Crippen LogP contribution in [0, 0.1) is 35.2 Å². The van der Waals surface area contributed by atoms with Crippen LogP contribution in [0.2, 0.25) is 0 Å². The van der Waals surface area contributed by atoms with Gasteiger partial charge in [0.25, 0.3) is 0 Å². The summed E-state index contributed by atoms with van der Waals surface area (Å²) in [4.78, 5) is 3.88. The monoisotopic (exact) mass is 475 g/mol. The van der Waals surface area contributed by atoms with Gasteiger partial charge in [-0.1, -0.05) is 56.2 Å².